The van der Waals surface area contributed by atoms with Gasteiger partial charge in [-0.15, -0.1) is 0 Å². The molecular formula is C13H15N3O. The molecule has 1 aliphatic rings. The summed E-state index contributed by atoms with van der Waals surface area (Å²) in [5.74, 6) is 2.43. The van der Waals surface area contributed by atoms with Gasteiger partial charge in [-0.1, -0.05) is 0 Å². The molecule has 0 spiro atoms. The van der Waals surface area contributed by atoms with Crippen LogP contribution in [0.1, 0.15) is 24.6 Å². The van der Waals surface area contributed by atoms with E-state index < -0.39 is 0 Å². The molecule has 3 rings (SSSR count). The number of rotatable bonds is 3. The van der Waals surface area contributed by atoms with Crippen LogP contribution in [0.3, 0.4) is 0 Å². The minimum absolute atomic E-state index is 0.638. The molecule has 1 saturated carbocycles. The average Bonchev–Trinajstić information content (AvgIpc) is 3.07. The molecule has 4 heteroatoms. The van der Waals surface area contributed by atoms with Gasteiger partial charge in [0.1, 0.15) is 11.6 Å². The lowest BCUT2D eigenvalue weighted by Crippen LogP contribution is -1.92. The highest BCUT2D eigenvalue weighted by Gasteiger charge is 2.26. The van der Waals surface area contributed by atoms with Crippen LogP contribution in [0, 0.1) is 0 Å². The zero-order valence-corrected chi connectivity index (χ0v) is 9.73. The summed E-state index contributed by atoms with van der Waals surface area (Å²) in [6, 6.07) is 5.77. The molecule has 4 nitrogen and oxygen atoms in total. The van der Waals surface area contributed by atoms with E-state index in [9.17, 15) is 0 Å². The largest absolute Gasteiger partial charge is 0.495 e. The molecule has 1 heterocycles. The third-order valence-corrected chi connectivity index (χ3v) is 3.10. The number of ether oxygens (including phenoxy) is 1. The number of imidazole rings is 1. The highest BCUT2D eigenvalue weighted by molar-refractivity contribution is 5.68. The highest BCUT2D eigenvalue weighted by Crippen LogP contribution is 2.39. The second kappa shape index (κ2) is 3.80. The predicted molar refractivity (Wildman–Crippen MR) is 67.0 cm³/mol. The second-order valence-electron chi connectivity index (χ2n) is 4.41. The average molecular weight is 229 g/mol. The summed E-state index contributed by atoms with van der Waals surface area (Å²) in [7, 11) is 1.62. The van der Waals surface area contributed by atoms with Crippen LogP contribution >= 0.6 is 0 Å². The lowest BCUT2D eigenvalue weighted by molar-refractivity contribution is 0.417. The number of nitrogens with one attached hydrogen (secondary N) is 1. The van der Waals surface area contributed by atoms with E-state index in [0.29, 0.717) is 17.4 Å². The fourth-order valence-electron chi connectivity index (χ4n) is 1.95. The first-order valence-corrected chi connectivity index (χ1v) is 5.76. The fourth-order valence-corrected chi connectivity index (χ4v) is 1.95. The Kier molecular flexibility index (Phi) is 2.28. The first-order chi connectivity index (χ1) is 8.28. The number of nitrogen functional groups attached to an aromatic ring is 1. The fraction of sp³-hybridized carbons (Fsp3) is 0.308. The van der Waals surface area contributed by atoms with Crippen LogP contribution < -0.4 is 10.5 Å². The van der Waals surface area contributed by atoms with Crippen molar-refractivity contribution in [3.63, 3.8) is 0 Å². The van der Waals surface area contributed by atoms with Gasteiger partial charge in [0.05, 0.1) is 24.7 Å². The molecule has 1 aromatic carbocycles. The van der Waals surface area contributed by atoms with Crippen molar-refractivity contribution < 1.29 is 4.74 Å². The summed E-state index contributed by atoms with van der Waals surface area (Å²) >= 11 is 0. The van der Waals surface area contributed by atoms with Crippen molar-refractivity contribution in [2.45, 2.75) is 18.8 Å². The molecule has 3 N–H and O–H groups in total. The van der Waals surface area contributed by atoms with E-state index in [4.69, 9.17) is 10.5 Å². The number of nitrogens with zero attached hydrogens (tertiary/aromatic N) is 1. The molecule has 1 aliphatic carbocycles. The molecule has 0 bridgehead atoms. The second-order valence-corrected chi connectivity index (χ2v) is 4.41. The van der Waals surface area contributed by atoms with Gasteiger partial charge in [-0.05, 0) is 31.0 Å². The van der Waals surface area contributed by atoms with Gasteiger partial charge in [0.2, 0.25) is 0 Å². The summed E-state index contributed by atoms with van der Waals surface area (Å²) in [6.07, 6.45) is 4.37. The van der Waals surface area contributed by atoms with Crippen LogP contribution in [0.2, 0.25) is 0 Å². The Bertz CT molecular complexity index is 543. The molecule has 0 radical (unpaired) electrons. The van der Waals surface area contributed by atoms with Gasteiger partial charge in [-0.3, -0.25) is 0 Å². The molecule has 1 fully saturated rings. The van der Waals surface area contributed by atoms with Crippen LogP contribution in [0.4, 0.5) is 5.69 Å². The number of nitrogens with two attached hydrogens (primary N) is 1. The molecule has 88 valence electrons. The minimum Gasteiger partial charge on any atom is -0.495 e. The van der Waals surface area contributed by atoms with Crippen molar-refractivity contribution in [3.8, 4) is 17.0 Å². The van der Waals surface area contributed by atoms with Crippen molar-refractivity contribution in [1.29, 1.82) is 0 Å². The Balaban J connectivity index is 1.93. The zero-order valence-electron chi connectivity index (χ0n) is 9.73. The first-order valence-electron chi connectivity index (χ1n) is 5.76. The molecule has 0 aliphatic heterocycles. The molecule has 1 aromatic heterocycles. The predicted octanol–water partition coefficient (Wildman–Crippen LogP) is 2.54. The van der Waals surface area contributed by atoms with Crippen LogP contribution in [0.25, 0.3) is 11.3 Å². The third-order valence-electron chi connectivity index (χ3n) is 3.10. The molecule has 0 atom stereocenters. The van der Waals surface area contributed by atoms with Crippen molar-refractivity contribution in [2.75, 3.05) is 12.8 Å². The van der Waals surface area contributed by atoms with Crippen molar-refractivity contribution in [1.82, 2.24) is 9.97 Å². The lowest BCUT2D eigenvalue weighted by atomic mass is 10.1. The molecule has 0 unspecified atom stereocenters. The van der Waals surface area contributed by atoms with E-state index in [1.807, 2.05) is 24.4 Å². The number of aromatic nitrogens is 2. The number of hydrogen-bond acceptors (Lipinski definition) is 3. The SMILES string of the molecule is COc1ccc(-c2cnc(C3CC3)[nH]2)cc1N. The van der Waals surface area contributed by atoms with E-state index in [0.717, 1.165) is 17.1 Å². The maximum absolute atomic E-state index is 5.89. The van der Waals surface area contributed by atoms with Crippen LogP contribution in [-0.4, -0.2) is 17.1 Å². The standard InChI is InChI=1S/C13H15N3O/c1-17-12-5-4-9(6-10(12)14)11-7-15-13(16-11)8-2-3-8/h4-8H,2-3,14H2,1H3,(H,15,16). The minimum atomic E-state index is 0.638. The number of methoxy groups -OCH3 is 1. The lowest BCUT2D eigenvalue weighted by Gasteiger charge is -2.05. The third kappa shape index (κ3) is 1.86. The van der Waals surface area contributed by atoms with Crippen molar-refractivity contribution in [3.05, 3.63) is 30.2 Å². The number of hydrogen-bond donors (Lipinski definition) is 2. The molecule has 17 heavy (non-hydrogen) atoms. The molecule has 2 aromatic rings. The normalized spacial score (nSPS) is 14.9. The summed E-state index contributed by atoms with van der Waals surface area (Å²) in [5.41, 5.74) is 8.59. The highest BCUT2D eigenvalue weighted by atomic mass is 16.5. The summed E-state index contributed by atoms with van der Waals surface area (Å²) in [5, 5.41) is 0. The number of anilines is 1. The van der Waals surface area contributed by atoms with Gasteiger partial charge >= 0.3 is 0 Å². The van der Waals surface area contributed by atoms with E-state index in [1.165, 1.54) is 12.8 Å². The summed E-state index contributed by atoms with van der Waals surface area (Å²) in [4.78, 5) is 7.75. The van der Waals surface area contributed by atoms with E-state index in [2.05, 4.69) is 9.97 Å². The number of aromatic amines is 1. The van der Waals surface area contributed by atoms with Gasteiger partial charge in [-0.2, -0.15) is 0 Å². The number of H-pyrrole nitrogens is 1. The van der Waals surface area contributed by atoms with Gasteiger partial charge in [-0.25, -0.2) is 4.98 Å². The first kappa shape index (κ1) is 10.2. The van der Waals surface area contributed by atoms with Crippen LogP contribution in [-0.2, 0) is 0 Å². The monoisotopic (exact) mass is 229 g/mol. The van der Waals surface area contributed by atoms with Crippen LogP contribution in [0.5, 0.6) is 5.75 Å². The van der Waals surface area contributed by atoms with Crippen molar-refractivity contribution >= 4 is 5.69 Å². The molecule has 0 amide bonds. The topological polar surface area (TPSA) is 63.9 Å². The summed E-state index contributed by atoms with van der Waals surface area (Å²) in [6.45, 7) is 0. The Morgan fingerprint density at radius 1 is 1.41 bits per heavy atom. The van der Waals surface area contributed by atoms with Gasteiger partial charge in [0.25, 0.3) is 0 Å². The van der Waals surface area contributed by atoms with Gasteiger partial charge in [0.15, 0.2) is 0 Å². The maximum Gasteiger partial charge on any atom is 0.141 e. The van der Waals surface area contributed by atoms with Gasteiger partial charge < -0.3 is 15.5 Å². The Hall–Kier alpha value is -1.97. The van der Waals surface area contributed by atoms with E-state index in [-0.39, 0.29) is 0 Å². The Morgan fingerprint density at radius 2 is 2.24 bits per heavy atom. The van der Waals surface area contributed by atoms with Gasteiger partial charge in [0, 0.05) is 11.5 Å². The van der Waals surface area contributed by atoms with E-state index >= 15 is 0 Å². The van der Waals surface area contributed by atoms with Crippen molar-refractivity contribution in [2.24, 2.45) is 0 Å². The maximum atomic E-state index is 5.89. The number of benzene rings is 1. The quantitative estimate of drug-likeness (QED) is 0.795. The van der Waals surface area contributed by atoms with Crippen LogP contribution in [0.15, 0.2) is 24.4 Å². The Morgan fingerprint density at radius 3 is 2.88 bits per heavy atom. The smallest absolute Gasteiger partial charge is 0.141 e. The van der Waals surface area contributed by atoms with E-state index in [1.54, 1.807) is 7.11 Å². The molecular weight excluding hydrogens is 214 g/mol. The summed E-state index contributed by atoms with van der Waals surface area (Å²) < 4.78 is 5.14. The Labute approximate surface area is 99.8 Å². The molecule has 0 saturated heterocycles. The zero-order chi connectivity index (χ0) is 11.8.